The standard InChI is InChI=1S/C16H14N2O3S2/c1-10-5-2-3-7-12(10)14(19)17-18-15(20)13(23-16(18)22)9-11-6-4-8-21-11/h2-8,20H,9H2,1H3,(H,17,19). The van der Waals surface area contributed by atoms with Crippen LogP contribution in [0.25, 0.3) is 0 Å². The number of benzene rings is 1. The number of hydrogen-bond acceptors (Lipinski definition) is 5. The minimum atomic E-state index is -0.322. The van der Waals surface area contributed by atoms with E-state index in [4.69, 9.17) is 16.6 Å². The third-order valence-electron chi connectivity index (χ3n) is 3.37. The molecule has 2 N–H and O–H groups in total. The average molecular weight is 346 g/mol. The summed E-state index contributed by atoms with van der Waals surface area (Å²) >= 11 is 6.47. The molecule has 0 atom stereocenters. The first-order valence-electron chi connectivity index (χ1n) is 6.89. The van der Waals surface area contributed by atoms with Crippen LogP contribution in [0.3, 0.4) is 0 Å². The molecular formula is C16H14N2O3S2. The van der Waals surface area contributed by atoms with Crippen LogP contribution in [0.1, 0.15) is 26.6 Å². The van der Waals surface area contributed by atoms with Gasteiger partial charge in [-0.15, -0.1) is 11.3 Å². The molecule has 7 heteroatoms. The Kier molecular flexibility index (Phi) is 4.31. The molecule has 0 saturated carbocycles. The zero-order chi connectivity index (χ0) is 16.4. The van der Waals surface area contributed by atoms with Crippen LogP contribution in [0.4, 0.5) is 0 Å². The largest absolute Gasteiger partial charge is 0.492 e. The summed E-state index contributed by atoms with van der Waals surface area (Å²) in [4.78, 5) is 13.0. The lowest BCUT2D eigenvalue weighted by Gasteiger charge is -2.09. The van der Waals surface area contributed by atoms with Gasteiger partial charge in [-0.25, -0.2) is 0 Å². The summed E-state index contributed by atoms with van der Waals surface area (Å²) in [6.07, 6.45) is 1.99. The van der Waals surface area contributed by atoms with Crippen molar-refractivity contribution in [2.75, 3.05) is 5.43 Å². The normalized spacial score (nSPS) is 10.7. The van der Waals surface area contributed by atoms with Gasteiger partial charge in [-0.05, 0) is 42.9 Å². The highest BCUT2D eigenvalue weighted by Crippen LogP contribution is 2.27. The quantitative estimate of drug-likeness (QED) is 0.704. The second kappa shape index (κ2) is 6.39. The highest BCUT2D eigenvalue weighted by molar-refractivity contribution is 7.73. The summed E-state index contributed by atoms with van der Waals surface area (Å²) in [5.41, 5.74) is 4.02. The molecule has 0 spiro atoms. The molecule has 1 amide bonds. The van der Waals surface area contributed by atoms with E-state index in [1.807, 2.05) is 25.1 Å². The Morgan fingerprint density at radius 3 is 2.83 bits per heavy atom. The van der Waals surface area contributed by atoms with Gasteiger partial charge in [-0.2, -0.15) is 4.68 Å². The molecule has 118 valence electrons. The number of rotatable bonds is 4. The first kappa shape index (κ1) is 15.5. The van der Waals surface area contributed by atoms with Gasteiger partial charge in [0.25, 0.3) is 5.91 Å². The maximum atomic E-state index is 12.4. The summed E-state index contributed by atoms with van der Waals surface area (Å²) in [5.74, 6) is 0.323. The molecular weight excluding hydrogens is 332 g/mol. The third-order valence-corrected chi connectivity index (χ3v) is 4.74. The molecule has 0 aliphatic rings. The van der Waals surface area contributed by atoms with E-state index >= 15 is 0 Å². The molecule has 3 aromatic rings. The number of nitrogens with zero attached hydrogens (tertiary/aromatic N) is 1. The minimum absolute atomic E-state index is 0.0710. The van der Waals surface area contributed by atoms with Crippen LogP contribution in [0.2, 0.25) is 0 Å². The summed E-state index contributed by atoms with van der Waals surface area (Å²) in [7, 11) is 0. The Morgan fingerprint density at radius 2 is 2.13 bits per heavy atom. The Hall–Kier alpha value is -2.38. The van der Waals surface area contributed by atoms with Crippen LogP contribution in [-0.4, -0.2) is 15.7 Å². The van der Waals surface area contributed by atoms with Gasteiger partial charge in [0.15, 0.2) is 3.95 Å². The van der Waals surface area contributed by atoms with E-state index in [0.717, 1.165) is 5.56 Å². The fourth-order valence-electron chi connectivity index (χ4n) is 2.18. The number of aryl methyl sites for hydroxylation is 1. The Labute approximate surface area is 141 Å². The first-order chi connectivity index (χ1) is 11.1. The molecule has 3 rings (SSSR count). The van der Waals surface area contributed by atoms with Gasteiger partial charge in [-0.1, -0.05) is 18.2 Å². The number of aromatic nitrogens is 1. The Balaban J connectivity index is 1.86. The zero-order valence-corrected chi connectivity index (χ0v) is 13.9. The van der Waals surface area contributed by atoms with Crippen LogP contribution < -0.4 is 5.43 Å². The van der Waals surface area contributed by atoms with Gasteiger partial charge in [0.1, 0.15) is 5.76 Å². The van der Waals surface area contributed by atoms with E-state index in [1.54, 1.807) is 24.5 Å². The SMILES string of the molecule is Cc1ccccc1C(=O)Nn1c(O)c(Cc2ccco2)sc1=S. The topological polar surface area (TPSA) is 67.4 Å². The van der Waals surface area contributed by atoms with Crippen molar-refractivity contribution in [2.45, 2.75) is 13.3 Å². The van der Waals surface area contributed by atoms with Crippen molar-refractivity contribution < 1.29 is 14.3 Å². The number of aromatic hydroxyl groups is 1. The summed E-state index contributed by atoms with van der Waals surface area (Å²) in [6, 6.07) is 10.8. The van der Waals surface area contributed by atoms with Crippen molar-refractivity contribution in [1.82, 2.24) is 4.68 Å². The van der Waals surface area contributed by atoms with Crippen molar-refractivity contribution in [2.24, 2.45) is 0 Å². The maximum absolute atomic E-state index is 12.4. The molecule has 2 heterocycles. The average Bonchev–Trinajstić information content (AvgIpc) is 3.12. The number of thiazole rings is 1. The molecule has 0 radical (unpaired) electrons. The lowest BCUT2D eigenvalue weighted by atomic mass is 10.1. The van der Waals surface area contributed by atoms with Crippen molar-refractivity contribution >= 4 is 29.5 Å². The van der Waals surface area contributed by atoms with E-state index < -0.39 is 0 Å². The van der Waals surface area contributed by atoms with Gasteiger partial charge < -0.3 is 9.52 Å². The summed E-state index contributed by atoms with van der Waals surface area (Å²) < 4.78 is 6.87. The van der Waals surface area contributed by atoms with Gasteiger partial charge in [0, 0.05) is 12.0 Å². The molecule has 1 aromatic carbocycles. The summed E-state index contributed by atoms with van der Waals surface area (Å²) in [5, 5.41) is 10.3. The monoisotopic (exact) mass is 346 g/mol. The molecule has 5 nitrogen and oxygen atoms in total. The molecule has 0 unspecified atom stereocenters. The van der Waals surface area contributed by atoms with E-state index in [2.05, 4.69) is 5.43 Å². The number of carbonyl (C=O) groups excluding carboxylic acids is 1. The van der Waals surface area contributed by atoms with Gasteiger partial charge >= 0.3 is 0 Å². The lowest BCUT2D eigenvalue weighted by molar-refractivity contribution is 0.100. The van der Waals surface area contributed by atoms with E-state index in [-0.39, 0.29) is 11.8 Å². The minimum Gasteiger partial charge on any atom is -0.492 e. The summed E-state index contributed by atoms with van der Waals surface area (Å²) in [6.45, 7) is 1.85. The highest BCUT2D eigenvalue weighted by atomic mass is 32.1. The Morgan fingerprint density at radius 1 is 1.35 bits per heavy atom. The first-order valence-corrected chi connectivity index (χ1v) is 8.12. The number of carbonyl (C=O) groups is 1. The maximum Gasteiger partial charge on any atom is 0.270 e. The van der Waals surface area contributed by atoms with Crippen molar-refractivity contribution in [3.63, 3.8) is 0 Å². The molecule has 2 aromatic heterocycles. The number of nitrogens with one attached hydrogen (secondary N) is 1. The van der Waals surface area contributed by atoms with E-state index in [9.17, 15) is 9.90 Å². The second-order valence-electron chi connectivity index (χ2n) is 4.96. The third kappa shape index (κ3) is 3.20. The van der Waals surface area contributed by atoms with Gasteiger partial charge in [-0.3, -0.25) is 10.2 Å². The van der Waals surface area contributed by atoms with E-state index in [1.165, 1.54) is 16.0 Å². The van der Waals surface area contributed by atoms with Crippen LogP contribution in [0, 0.1) is 10.9 Å². The lowest BCUT2D eigenvalue weighted by Crippen LogP contribution is -2.23. The number of amides is 1. The predicted molar refractivity (Wildman–Crippen MR) is 91.2 cm³/mol. The molecule has 0 bridgehead atoms. The van der Waals surface area contributed by atoms with Crippen molar-refractivity contribution in [1.29, 1.82) is 0 Å². The predicted octanol–water partition coefficient (Wildman–Crippen LogP) is 3.86. The zero-order valence-electron chi connectivity index (χ0n) is 12.3. The fraction of sp³-hybridized carbons (Fsp3) is 0.125. The second-order valence-corrected chi connectivity index (χ2v) is 6.69. The number of furan rings is 1. The Bertz CT molecular complexity index is 894. The number of hydrogen-bond donors (Lipinski definition) is 2. The molecule has 0 fully saturated rings. The van der Waals surface area contributed by atoms with E-state index in [0.29, 0.717) is 26.6 Å². The van der Waals surface area contributed by atoms with Crippen molar-refractivity contribution in [3.05, 3.63) is 68.4 Å². The highest BCUT2D eigenvalue weighted by Gasteiger charge is 2.16. The smallest absolute Gasteiger partial charge is 0.270 e. The van der Waals surface area contributed by atoms with Crippen LogP contribution in [-0.2, 0) is 6.42 Å². The van der Waals surface area contributed by atoms with Crippen LogP contribution in [0.15, 0.2) is 47.1 Å². The van der Waals surface area contributed by atoms with Crippen LogP contribution >= 0.6 is 23.6 Å². The molecule has 0 aliphatic heterocycles. The van der Waals surface area contributed by atoms with Crippen molar-refractivity contribution in [3.8, 4) is 5.88 Å². The molecule has 0 aliphatic carbocycles. The van der Waals surface area contributed by atoms with Gasteiger partial charge in [0.2, 0.25) is 5.88 Å². The van der Waals surface area contributed by atoms with Gasteiger partial charge in [0.05, 0.1) is 11.1 Å². The fourth-order valence-corrected chi connectivity index (χ4v) is 3.45. The molecule has 0 saturated heterocycles. The van der Waals surface area contributed by atoms with Crippen LogP contribution in [0.5, 0.6) is 5.88 Å². The molecule has 23 heavy (non-hydrogen) atoms.